The largest absolute Gasteiger partial charge is 0.496 e. The molecule has 1 aliphatic rings. The second-order valence-corrected chi connectivity index (χ2v) is 8.65. The van der Waals surface area contributed by atoms with Crippen LogP contribution in [0.3, 0.4) is 0 Å². The van der Waals surface area contributed by atoms with Gasteiger partial charge in [-0.15, -0.1) is 0 Å². The molecule has 0 atom stereocenters. The van der Waals surface area contributed by atoms with Gasteiger partial charge < -0.3 is 19.4 Å². The number of hydrogen-bond acceptors (Lipinski definition) is 4. The Bertz CT molecular complexity index is 1040. The van der Waals surface area contributed by atoms with Crippen molar-refractivity contribution in [3.63, 3.8) is 0 Å². The fourth-order valence-corrected chi connectivity index (χ4v) is 3.14. The standard InChI is InChI=1S/C22H30O2.C9H10O2.C3H6.C2H4O/c1-6-11-18(12-7-2)14-9-10-15-19-16-21(23-4)20(13-8-3)22(17-19)24-5;1-3-5-8(4-2)6-7-9(10)11;1-2-3-1;1-2-3/h6-7,9,11-12,14,16-17H,1,8,10,13,15H2,2-5H3;3-7H,1-2H2,(H,10,11);1-3H2;2H,1H3/b12-7-,14-9+,18-11+;7-6+,8-5+;;. The molecule has 2 rings (SSSR count). The van der Waals surface area contributed by atoms with Gasteiger partial charge in [0, 0.05) is 11.6 Å². The molecule has 1 aliphatic carbocycles. The molecule has 0 aromatic heterocycles. The third kappa shape index (κ3) is 22.4. The minimum Gasteiger partial charge on any atom is -0.496 e. The number of benzene rings is 1. The van der Waals surface area contributed by atoms with Gasteiger partial charge in [0.15, 0.2) is 0 Å². The number of aliphatic carboxylic acids is 1. The van der Waals surface area contributed by atoms with E-state index in [-0.39, 0.29) is 0 Å². The molecule has 0 aliphatic heterocycles. The Morgan fingerprint density at radius 2 is 1.41 bits per heavy atom. The first-order valence-corrected chi connectivity index (χ1v) is 13.9. The molecule has 5 heteroatoms. The minimum absolute atomic E-state index is 0.724. The maximum absolute atomic E-state index is 10.0. The smallest absolute Gasteiger partial charge is 0.328 e. The summed E-state index contributed by atoms with van der Waals surface area (Å²) in [7, 11) is 3.45. The van der Waals surface area contributed by atoms with Gasteiger partial charge in [0.1, 0.15) is 17.8 Å². The fraction of sp³-hybridized carbons (Fsp3) is 0.333. The molecule has 0 heterocycles. The number of ether oxygens (including phenoxy) is 2. The number of carboxylic acids is 1. The molecule has 0 saturated heterocycles. The fourth-order valence-electron chi connectivity index (χ4n) is 3.14. The molecule has 1 N–H and O–H groups in total. The van der Waals surface area contributed by atoms with E-state index in [0.29, 0.717) is 0 Å². The van der Waals surface area contributed by atoms with Gasteiger partial charge in [0.2, 0.25) is 0 Å². The lowest BCUT2D eigenvalue weighted by molar-refractivity contribution is -0.131. The van der Waals surface area contributed by atoms with Crippen LogP contribution in [0.4, 0.5) is 0 Å². The minimum atomic E-state index is -0.971. The molecule has 0 radical (unpaired) electrons. The molecule has 224 valence electrons. The Morgan fingerprint density at radius 1 is 0.878 bits per heavy atom. The molecule has 1 fully saturated rings. The maximum Gasteiger partial charge on any atom is 0.328 e. The summed E-state index contributed by atoms with van der Waals surface area (Å²) in [6, 6.07) is 4.27. The van der Waals surface area contributed by atoms with E-state index in [0.717, 1.165) is 66.3 Å². The van der Waals surface area contributed by atoms with Gasteiger partial charge >= 0.3 is 5.97 Å². The second-order valence-electron chi connectivity index (χ2n) is 8.65. The van der Waals surface area contributed by atoms with Gasteiger partial charge in [-0.3, -0.25) is 0 Å². The van der Waals surface area contributed by atoms with Crippen LogP contribution in [0.25, 0.3) is 0 Å². The summed E-state index contributed by atoms with van der Waals surface area (Å²) in [5, 5.41) is 8.25. The van der Waals surface area contributed by atoms with Crippen LogP contribution in [0.15, 0.2) is 110 Å². The third-order valence-corrected chi connectivity index (χ3v) is 5.06. The van der Waals surface area contributed by atoms with E-state index in [1.54, 1.807) is 32.4 Å². The van der Waals surface area contributed by atoms with E-state index in [9.17, 15) is 4.79 Å². The molecule has 1 aromatic rings. The normalized spacial score (nSPS) is 12.2. The van der Waals surface area contributed by atoms with Crippen LogP contribution in [0, 0.1) is 0 Å². The van der Waals surface area contributed by atoms with E-state index >= 15 is 0 Å². The van der Waals surface area contributed by atoms with Crippen molar-refractivity contribution in [1.82, 2.24) is 0 Å². The van der Waals surface area contributed by atoms with Crippen molar-refractivity contribution in [2.24, 2.45) is 0 Å². The molecule has 5 nitrogen and oxygen atoms in total. The first kappa shape index (κ1) is 39.0. The number of rotatable bonds is 14. The summed E-state index contributed by atoms with van der Waals surface area (Å²) in [6.45, 7) is 16.3. The molecule has 1 saturated carbocycles. The Morgan fingerprint density at radius 3 is 1.80 bits per heavy atom. The number of carbonyl (C=O) groups excluding carboxylic acids is 1. The van der Waals surface area contributed by atoms with Crippen LogP contribution in [0.1, 0.15) is 64.0 Å². The van der Waals surface area contributed by atoms with Gasteiger partial charge in [0.25, 0.3) is 0 Å². The number of aldehydes is 1. The van der Waals surface area contributed by atoms with Crippen molar-refractivity contribution < 1.29 is 24.2 Å². The average Bonchev–Trinajstić information content (AvgIpc) is 3.85. The first-order valence-electron chi connectivity index (χ1n) is 13.9. The SMILES string of the molecule is C1CC1.C=C/C=C(C=C)/C=C/C(=O)O.C=C/C=C(\C=C/C)/C=C/CCc1cc(OC)c(CCC)c(OC)c1.CC=O. The number of allylic oxidation sites excluding steroid dienone is 12. The van der Waals surface area contributed by atoms with Crippen molar-refractivity contribution in [1.29, 1.82) is 0 Å². The summed E-state index contributed by atoms with van der Waals surface area (Å²) in [5.41, 5.74) is 4.27. The first-order chi connectivity index (χ1) is 19.8. The van der Waals surface area contributed by atoms with Gasteiger partial charge in [-0.1, -0.05) is 107 Å². The summed E-state index contributed by atoms with van der Waals surface area (Å²) in [6.07, 6.45) is 28.7. The van der Waals surface area contributed by atoms with E-state index in [4.69, 9.17) is 19.4 Å². The van der Waals surface area contributed by atoms with Crippen LogP contribution in [-0.2, 0) is 22.4 Å². The van der Waals surface area contributed by atoms with Crippen LogP contribution in [0.2, 0.25) is 0 Å². The summed E-state index contributed by atoms with van der Waals surface area (Å²) >= 11 is 0. The molecule has 1 aromatic carbocycles. The van der Waals surface area contributed by atoms with E-state index < -0.39 is 5.97 Å². The number of aryl methyl sites for hydroxylation is 1. The molecule has 41 heavy (non-hydrogen) atoms. The van der Waals surface area contributed by atoms with Gasteiger partial charge in [-0.05, 0) is 68.0 Å². The van der Waals surface area contributed by atoms with E-state index in [2.05, 4.69) is 57.0 Å². The monoisotopic (exact) mass is 562 g/mol. The van der Waals surface area contributed by atoms with E-state index in [1.165, 1.54) is 37.8 Å². The van der Waals surface area contributed by atoms with Crippen LogP contribution in [0.5, 0.6) is 11.5 Å². The van der Waals surface area contributed by atoms with Crippen molar-refractivity contribution >= 4 is 12.3 Å². The summed E-state index contributed by atoms with van der Waals surface area (Å²) in [5.74, 6) is 0.884. The number of hydrogen-bond donors (Lipinski definition) is 1. The molecule has 0 unspecified atom stereocenters. The van der Waals surface area contributed by atoms with Gasteiger partial charge in [-0.2, -0.15) is 0 Å². The lowest BCUT2D eigenvalue weighted by Crippen LogP contribution is -1.99. The Labute approximate surface area is 248 Å². The van der Waals surface area contributed by atoms with Crippen molar-refractivity contribution in [3.05, 3.63) is 121 Å². The average molecular weight is 563 g/mol. The maximum atomic E-state index is 10.0. The Hall–Kier alpha value is -4.12. The summed E-state index contributed by atoms with van der Waals surface area (Å²) in [4.78, 5) is 18.9. The van der Waals surface area contributed by atoms with Crippen LogP contribution < -0.4 is 9.47 Å². The van der Waals surface area contributed by atoms with Crippen LogP contribution >= 0.6 is 0 Å². The topological polar surface area (TPSA) is 72.8 Å². The van der Waals surface area contributed by atoms with Gasteiger partial charge in [0.05, 0.1) is 14.2 Å². The highest BCUT2D eigenvalue weighted by molar-refractivity contribution is 5.80. The molecular weight excluding hydrogens is 512 g/mol. The molecule has 0 bridgehead atoms. The highest BCUT2D eigenvalue weighted by atomic mass is 16.5. The number of carbonyl (C=O) groups is 2. The zero-order chi connectivity index (χ0) is 31.3. The predicted molar refractivity (Wildman–Crippen MR) is 175 cm³/mol. The number of carboxylic acid groups (broad SMARTS) is 1. The number of methoxy groups -OCH3 is 2. The third-order valence-electron chi connectivity index (χ3n) is 5.06. The Kier molecular flexibility index (Phi) is 26.1. The Balaban J connectivity index is 0. The van der Waals surface area contributed by atoms with E-state index in [1.807, 2.05) is 25.2 Å². The van der Waals surface area contributed by atoms with Crippen molar-refractivity contribution in [2.45, 2.75) is 65.7 Å². The quantitative estimate of drug-likeness (QED) is 0.139. The summed E-state index contributed by atoms with van der Waals surface area (Å²) < 4.78 is 11.1. The highest BCUT2D eigenvalue weighted by Crippen LogP contribution is 2.32. The lowest BCUT2D eigenvalue weighted by Gasteiger charge is -2.14. The van der Waals surface area contributed by atoms with Crippen molar-refractivity contribution in [2.75, 3.05) is 14.2 Å². The highest BCUT2D eigenvalue weighted by Gasteiger charge is 2.11. The zero-order valence-electron chi connectivity index (χ0n) is 25.7. The van der Waals surface area contributed by atoms with Crippen molar-refractivity contribution in [3.8, 4) is 11.5 Å². The zero-order valence-corrected chi connectivity index (χ0v) is 25.7. The molecule has 0 amide bonds. The molecule has 0 spiro atoms. The lowest BCUT2D eigenvalue weighted by atomic mass is 10.0. The van der Waals surface area contributed by atoms with Gasteiger partial charge in [-0.25, -0.2) is 4.79 Å². The predicted octanol–water partition coefficient (Wildman–Crippen LogP) is 9.13. The second kappa shape index (κ2) is 27.4. The molecular formula is C36H50O5. The van der Waals surface area contributed by atoms with Crippen LogP contribution in [-0.4, -0.2) is 31.6 Å².